The van der Waals surface area contributed by atoms with Crippen LogP contribution in [0, 0.1) is 17.7 Å². The predicted octanol–water partition coefficient (Wildman–Crippen LogP) is 3.61. The molecule has 2 aliphatic carbocycles. The van der Waals surface area contributed by atoms with E-state index in [2.05, 4.69) is 27.7 Å². The van der Waals surface area contributed by atoms with Crippen molar-refractivity contribution < 1.29 is 14.0 Å². The Morgan fingerprint density at radius 2 is 2.03 bits per heavy atom. The highest BCUT2D eigenvalue weighted by Gasteiger charge is 2.52. The van der Waals surface area contributed by atoms with Crippen LogP contribution in [0.15, 0.2) is 29.4 Å². The highest BCUT2D eigenvalue weighted by atomic mass is 32.2. The van der Waals surface area contributed by atoms with Gasteiger partial charge in [-0.15, -0.1) is 0 Å². The summed E-state index contributed by atoms with van der Waals surface area (Å²) in [6.07, 6.45) is 7.12. The number of amides is 2. The van der Waals surface area contributed by atoms with E-state index in [0.29, 0.717) is 36.7 Å². The SMILES string of the molecule is CCCN1C(=O)C2CCC(C(=O)NC3CCCC3)CC2N2C(SCc3ccccc3F)=NNC12. The van der Waals surface area contributed by atoms with Gasteiger partial charge in [0.25, 0.3) is 0 Å². The van der Waals surface area contributed by atoms with Crippen molar-refractivity contribution >= 4 is 28.7 Å². The first-order valence-electron chi connectivity index (χ1n) is 12.7. The average Bonchev–Trinajstić information content (AvgIpc) is 3.51. The Kier molecular flexibility index (Phi) is 6.99. The minimum atomic E-state index is -0.339. The molecule has 1 saturated heterocycles. The Bertz CT molecular complexity index is 953. The van der Waals surface area contributed by atoms with Gasteiger partial charge in [-0.2, -0.15) is 5.10 Å². The smallest absolute Gasteiger partial charge is 0.230 e. The summed E-state index contributed by atoms with van der Waals surface area (Å²) >= 11 is 1.48. The third-order valence-electron chi connectivity index (χ3n) is 7.68. The standard InChI is InChI=1S/C25H34FN5O2S/c1-2-13-30-23(33)19-12-11-16(22(32)27-18-8-4-5-9-18)14-21(19)31-24(30)28-29-25(31)34-15-17-7-3-6-10-20(17)26/h3,6-7,10,16,18-19,21,24,28H,2,4-5,8-9,11-15H2,1H3,(H,27,32). The second kappa shape index (κ2) is 10.1. The van der Waals surface area contributed by atoms with Crippen molar-refractivity contribution in [3.8, 4) is 0 Å². The molecule has 1 aromatic rings. The zero-order valence-corrected chi connectivity index (χ0v) is 20.5. The summed E-state index contributed by atoms with van der Waals surface area (Å²) in [5.41, 5.74) is 3.80. The molecule has 184 valence electrons. The summed E-state index contributed by atoms with van der Waals surface area (Å²) in [5.74, 6) is 0.296. The van der Waals surface area contributed by atoms with Crippen molar-refractivity contribution in [3.63, 3.8) is 0 Å². The molecule has 0 radical (unpaired) electrons. The van der Waals surface area contributed by atoms with E-state index in [1.807, 2.05) is 11.0 Å². The van der Waals surface area contributed by atoms with E-state index in [4.69, 9.17) is 0 Å². The number of rotatable bonds is 6. The van der Waals surface area contributed by atoms with Crippen LogP contribution in [0.3, 0.4) is 0 Å². The molecule has 4 unspecified atom stereocenters. The van der Waals surface area contributed by atoms with Gasteiger partial charge < -0.3 is 15.1 Å². The molecule has 4 aliphatic rings. The number of amidine groups is 1. The van der Waals surface area contributed by atoms with Crippen molar-refractivity contribution in [3.05, 3.63) is 35.6 Å². The maximum Gasteiger partial charge on any atom is 0.230 e. The summed E-state index contributed by atoms with van der Waals surface area (Å²) in [6, 6.07) is 7.01. The second-order valence-electron chi connectivity index (χ2n) is 9.89. The molecule has 3 fully saturated rings. The monoisotopic (exact) mass is 487 g/mol. The largest absolute Gasteiger partial charge is 0.353 e. The van der Waals surface area contributed by atoms with Gasteiger partial charge in [0.2, 0.25) is 11.8 Å². The molecule has 1 aromatic carbocycles. The van der Waals surface area contributed by atoms with Gasteiger partial charge in [0.05, 0.1) is 5.92 Å². The maximum atomic E-state index is 14.2. The minimum absolute atomic E-state index is 0.0828. The lowest BCUT2D eigenvalue weighted by Gasteiger charge is -2.51. The number of hydrogen-bond acceptors (Lipinski definition) is 6. The number of nitrogens with one attached hydrogen (secondary N) is 2. The molecule has 2 saturated carbocycles. The van der Waals surface area contributed by atoms with Crippen LogP contribution in [0.2, 0.25) is 0 Å². The first kappa shape index (κ1) is 23.5. The average molecular weight is 488 g/mol. The second-order valence-corrected chi connectivity index (χ2v) is 10.8. The topological polar surface area (TPSA) is 77.0 Å². The van der Waals surface area contributed by atoms with Crippen LogP contribution < -0.4 is 10.7 Å². The molecule has 2 amide bonds. The molecule has 7 nitrogen and oxygen atoms in total. The van der Waals surface area contributed by atoms with E-state index >= 15 is 0 Å². The third-order valence-corrected chi connectivity index (χ3v) is 8.70. The molecule has 0 aromatic heterocycles. The van der Waals surface area contributed by atoms with E-state index in [0.717, 1.165) is 30.9 Å². The molecule has 0 bridgehead atoms. The van der Waals surface area contributed by atoms with E-state index in [1.54, 1.807) is 12.1 Å². The Hall–Kier alpha value is -2.29. The molecule has 2 heterocycles. The highest BCUT2D eigenvalue weighted by molar-refractivity contribution is 8.13. The number of carbonyl (C=O) groups is 2. The lowest BCUT2D eigenvalue weighted by atomic mass is 9.75. The number of hydrazone groups is 1. The molecule has 2 aliphatic heterocycles. The molecule has 9 heteroatoms. The van der Waals surface area contributed by atoms with Crippen LogP contribution in [-0.2, 0) is 15.3 Å². The normalized spacial score (nSPS) is 28.9. The number of carbonyl (C=O) groups excluding carboxylic acids is 2. The summed E-state index contributed by atoms with van der Waals surface area (Å²) in [7, 11) is 0. The fourth-order valence-corrected chi connectivity index (χ4v) is 6.94. The maximum absolute atomic E-state index is 14.2. The van der Waals surface area contributed by atoms with Crippen LogP contribution >= 0.6 is 11.8 Å². The molecular formula is C25H34FN5O2S. The number of nitrogens with zero attached hydrogens (tertiary/aromatic N) is 3. The molecule has 34 heavy (non-hydrogen) atoms. The lowest BCUT2D eigenvalue weighted by molar-refractivity contribution is -0.157. The van der Waals surface area contributed by atoms with Crippen molar-refractivity contribution in [1.82, 2.24) is 20.5 Å². The number of halogens is 1. The minimum Gasteiger partial charge on any atom is -0.353 e. The van der Waals surface area contributed by atoms with Gasteiger partial charge >= 0.3 is 0 Å². The molecule has 5 rings (SSSR count). The molecule has 4 atom stereocenters. The van der Waals surface area contributed by atoms with E-state index in [1.165, 1.54) is 30.7 Å². The predicted molar refractivity (Wildman–Crippen MR) is 131 cm³/mol. The van der Waals surface area contributed by atoms with Crippen molar-refractivity contribution in [2.24, 2.45) is 16.9 Å². The summed E-state index contributed by atoms with van der Waals surface area (Å²) < 4.78 is 14.2. The van der Waals surface area contributed by atoms with Crippen LogP contribution in [0.1, 0.15) is 63.9 Å². The van der Waals surface area contributed by atoms with Crippen molar-refractivity contribution in [1.29, 1.82) is 0 Å². The summed E-state index contributed by atoms with van der Waals surface area (Å²) in [4.78, 5) is 30.6. The Morgan fingerprint density at radius 3 is 2.79 bits per heavy atom. The zero-order valence-electron chi connectivity index (χ0n) is 19.7. The number of hydrogen-bond donors (Lipinski definition) is 2. The highest BCUT2D eigenvalue weighted by Crippen LogP contribution is 2.41. The quantitative estimate of drug-likeness (QED) is 0.641. The number of thioether (sulfide) groups is 1. The van der Waals surface area contributed by atoms with Gasteiger partial charge in [0.1, 0.15) is 5.82 Å². The fourth-order valence-electron chi connectivity index (χ4n) is 5.92. The molecule has 2 N–H and O–H groups in total. The fraction of sp³-hybridized carbons (Fsp3) is 0.640. The van der Waals surface area contributed by atoms with Gasteiger partial charge in [0.15, 0.2) is 11.5 Å². The first-order chi connectivity index (χ1) is 16.6. The Labute approximate surface area is 204 Å². The van der Waals surface area contributed by atoms with Gasteiger partial charge in [-0.05, 0) is 50.2 Å². The van der Waals surface area contributed by atoms with Gasteiger partial charge in [-0.1, -0.05) is 49.7 Å². The summed E-state index contributed by atoms with van der Waals surface area (Å²) in [6.45, 7) is 2.72. The molecular weight excluding hydrogens is 453 g/mol. The zero-order chi connectivity index (χ0) is 23.7. The van der Waals surface area contributed by atoms with Gasteiger partial charge in [0, 0.05) is 30.3 Å². The Balaban J connectivity index is 1.34. The number of benzene rings is 1. The summed E-state index contributed by atoms with van der Waals surface area (Å²) in [5, 5.41) is 8.61. The van der Waals surface area contributed by atoms with Crippen molar-refractivity contribution in [2.45, 2.75) is 82.4 Å². The van der Waals surface area contributed by atoms with Crippen molar-refractivity contribution in [2.75, 3.05) is 6.54 Å². The molecule has 0 spiro atoms. The van der Waals surface area contributed by atoms with E-state index in [-0.39, 0.29) is 41.8 Å². The van der Waals surface area contributed by atoms with Crippen LogP contribution in [0.25, 0.3) is 0 Å². The van der Waals surface area contributed by atoms with Crippen LogP contribution in [0.5, 0.6) is 0 Å². The van der Waals surface area contributed by atoms with E-state index in [9.17, 15) is 14.0 Å². The third kappa shape index (κ3) is 4.51. The number of fused-ring (bicyclic) bond motifs is 3. The van der Waals surface area contributed by atoms with Crippen LogP contribution in [0.4, 0.5) is 4.39 Å². The van der Waals surface area contributed by atoms with Crippen LogP contribution in [-0.4, -0.2) is 51.7 Å². The first-order valence-corrected chi connectivity index (χ1v) is 13.6. The van der Waals surface area contributed by atoms with Gasteiger partial charge in [-0.25, -0.2) is 4.39 Å². The van der Waals surface area contributed by atoms with Gasteiger partial charge in [-0.3, -0.25) is 15.0 Å². The van der Waals surface area contributed by atoms with E-state index < -0.39 is 0 Å². The Morgan fingerprint density at radius 1 is 1.24 bits per heavy atom. The lowest BCUT2D eigenvalue weighted by Crippen LogP contribution is -2.68.